The molecule has 1 aliphatic rings. The number of hydrogen-bond donors (Lipinski definition) is 3. The minimum Gasteiger partial charge on any atom is -0.508 e. The molecule has 3 heteroatoms. The summed E-state index contributed by atoms with van der Waals surface area (Å²) in [5, 5.41) is 19.6. The van der Waals surface area contributed by atoms with Gasteiger partial charge in [-0.15, -0.1) is 0 Å². The highest BCUT2D eigenvalue weighted by Crippen LogP contribution is 2.36. The van der Waals surface area contributed by atoms with Gasteiger partial charge >= 0.3 is 0 Å². The Morgan fingerprint density at radius 1 is 1.43 bits per heavy atom. The third-order valence-corrected chi connectivity index (χ3v) is 2.97. The van der Waals surface area contributed by atoms with Crippen molar-refractivity contribution in [2.24, 2.45) is 5.73 Å². The van der Waals surface area contributed by atoms with Crippen LogP contribution in [0.4, 0.5) is 0 Å². The van der Waals surface area contributed by atoms with E-state index >= 15 is 0 Å². The number of nitrogens with two attached hydrogens (primary N) is 1. The minimum absolute atomic E-state index is 0.192. The predicted molar refractivity (Wildman–Crippen MR) is 54.0 cm³/mol. The van der Waals surface area contributed by atoms with Gasteiger partial charge in [-0.1, -0.05) is 6.07 Å². The molecule has 1 unspecified atom stereocenters. The van der Waals surface area contributed by atoms with Crippen LogP contribution >= 0.6 is 0 Å². The Morgan fingerprint density at radius 2 is 2.21 bits per heavy atom. The highest BCUT2D eigenvalue weighted by Gasteiger charge is 2.32. The molecule has 2 rings (SSSR count). The second-order valence-corrected chi connectivity index (χ2v) is 3.93. The van der Waals surface area contributed by atoms with E-state index in [0.29, 0.717) is 6.42 Å². The van der Waals surface area contributed by atoms with E-state index in [9.17, 15) is 10.2 Å². The molecule has 3 nitrogen and oxygen atoms in total. The molecule has 0 bridgehead atoms. The monoisotopic (exact) mass is 193 g/mol. The molecule has 14 heavy (non-hydrogen) atoms. The molecule has 0 aromatic heterocycles. The van der Waals surface area contributed by atoms with Crippen molar-refractivity contribution in [2.45, 2.75) is 24.9 Å². The quantitative estimate of drug-likeness (QED) is 0.620. The summed E-state index contributed by atoms with van der Waals surface area (Å²) in [6.45, 7) is 0.212. The van der Waals surface area contributed by atoms with Gasteiger partial charge in [-0.25, -0.2) is 0 Å². The minimum atomic E-state index is -0.938. The third-order valence-electron chi connectivity index (χ3n) is 2.97. The molecule has 1 aromatic rings. The Balaban J connectivity index is 2.52. The molecule has 76 valence electrons. The van der Waals surface area contributed by atoms with E-state index in [1.807, 2.05) is 6.07 Å². The molecule has 1 aliphatic carbocycles. The summed E-state index contributed by atoms with van der Waals surface area (Å²) in [5.74, 6) is 0.192. The van der Waals surface area contributed by atoms with Gasteiger partial charge in [-0.2, -0.15) is 0 Å². The second kappa shape index (κ2) is 3.26. The molecule has 0 amide bonds. The number of aliphatic hydroxyl groups is 1. The van der Waals surface area contributed by atoms with Crippen molar-refractivity contribution >= 4 is 0 Å². The SMILES string of the molecule is NCC1(O)CCCc2ccc(O)cc21. The van der Waals surface area contributed by atoms with Crippen molar-refractivity contribution in [3.63, 3.8) is 0 Å². The maximum Gasteiger partial charge on any atom is 0.115 e. The largest absolute Gasteiger partial charge is 0.508 e. The number of rotatable bonds is 1. The molecule has 0 fully saturated rings. The fraction of sp³-hybridized carbons (Fsp3) is 0.455. The summed E-state index contributed by atoms with van der Waals surface area (Å²) >= 11 is 0. The van der Waals surface area contributed by atoms with Gasteiger partial charge < -0.3 is 15.9 Å². The van der Waals surface area contributed by atoms with Gasteiger partial charge in [0, 0.05) is 6.54 Å². The van der Waals surface area contributed by atoms with E-state index in [2.05, 4.69) is 0 Å². The summed E-state index contributed by atoms with van der Waals surface area (Å²) in [6, 6.07) is 5.15. The molecule has 0 aliphatic heterocycles. The predicted octanol–water partition coefficient (Wildman–Crippen LogP) is 0.875. The van der Waals surface area contributed by atoms with Crippen molar-refractivity contribution in [2.75, 3.05) is 6.54 Å². The second-order valence-electron chi connectivity index (χ2n) is 3.93. The number of phenolic OH excluding ortho intramolecular Hbond substituents is 1. The Hall–Kier alpha value is -1.06. The Labute approximate surface area is 83.2 Å². The van der Waals surface area contributed by atoms with E-state index < -0.39 is 5.60 Å². The number of fused-ring (bicyclic) bond motifs is 1. The molecule has 0 spiro atoms. The standard InChI is InChI=1S/C11H15NO2/c12-7-11(14)5-1-2-8-3-4-9(13)6-10(8)11/h3-4,6,13-14H,1-2,5,7,12H2. The lowest BCUT2D eigenvalue weighted by Gasteiger charge is -2.33. The van der Waals surface area contributed by atoms with Crippen molar-refractivity contribution in [1.29, 1.82) is 0 Å². The van der Waals surface area contributed by atoms with E-state index in [1.165, 1.54) is 0 Å². The molecule has 1 atom stereocenters. The molecule has 0 heterocycles. The average Bonchev–Trinajstić information content (AvgIpc) is 2.20. The highest BCUT2D eigenvalue weighted by atomic mass is 16.3. The lowest BCUT2D eigenvalue weighted by Crippen LogP contribution is -2.38. The number of aromatic hydroxyl groups is 1. The Morgan fingerprint density at radius 3 is 2.93 bits per heavy atom. The third kappa shape index (κ3) is 1.38. The molecule has 0 radical (unpaired) electrons. The van der Waals surface area contributed by atoms with Gasteiger partial charge in [0.1, 0.15) is 11.4 Å². The van der Waals surface area contributed by atoms with Gasteiger partial charge in [-0.3, -0.25) is 0 Å². The van der Waals surface area contributed by atoms with Gasteiger partial charge in [0.05, 0.1) is 0 Å². The van der Waals surface area contributed by atoms with Crippen LogP contribution in [0.5, 0.6) is 5.75 Å². The topological polar surface area (TPSA) is 66.5 Å². The first kappa shape index (κ1) is 9.49. The van der Waals surface area contributed by atoms with Crippen molar-refractivity contribution < 1.29 is 10.2 Å². The normalized spacial score (nSPS) is 25.9. The van der Waals surface area contributed by atoms with Crippen LogP contribution in [0.3, 0.4) is 0 Å². The fourth-order valence-corrected chi connectivity index (χ4v) is 2.13. The molecular formula is C11H15NO2. The lowest BCUT2D eigenvalue weighted by atomic mass is 9.79. The summed E-state index contributed by atoms with van der Waals surface area (Å²) in [4.78, 5) is 0. The number of hydrogen-bond acceptors (Lipinski definition) is 3. The highest BCUT2D eigenvalue weighted by molar-refractivity contribution is 5.40. The molecular weight excluding hydrogens is 178 g/mol. The van der Waals surface area contributed by atoms with E-state index in [4.69, 9.17) is 5.73 Å². The first-order valence-corrected chi connectivity index (χ1v) is 4.90. The van der Waals surface area contributed by atoms with E-state index in [-0.39, 0.29) is 12.3 Å². The van der Waals surface area contributed by atoms with E-state index in [1.54, 1.807) is 12.1 Å². The molecule has 1 aromatic carbocycles. The smallest absolute Gasteiger partial charge is 0.115 e. The summed E-state index contributed by atoms with van der Waals surface area (Å²) in [7, 11) is 0. The van der Waals surface area contributed by atoms with Crippen LogP contribution in [-0.2, 0) is 12.0 Å². The zero-order valence-electron chi connectivity index (χ0n) is 8.03. The maximum absolute atomic E-state index is 10.2. The maximum atomic E-state index is 10.2. The molecule has 4 N–H and O–H groups in total. The van der Waals surface area contributed by atoms with Gasteiger partial charge in [-0.05, 0) is 42.5 Å². The zero-order chi connectivity index (χ0) is 10.2. The van der Waals surface area contributed by atoms with Crippen LogP contribution in [0, 0.1) is 0 Å². The van der Waals surface area contributed by atoms with Crippen molar-refractivity contribution in [3.8, 4) is 5.75 Å². The van der Waals surface area contributed by atoms with Gasteiger partial charge in [0.25, 0.3) is 0 Å². The number of phenols is 1. The van der Waals surface area contributed by atoms with Crippen LogP contribution in [0.1, 0.15) is 24.0 Å². The van der Waals surface area contributed by atoms with Gasteiger partial charge in [0.2, 0.25) is 0 Å². The summed E-state index contributed by atoms with van der Waals surface area (Å²) in [5.41, 5.74) is 6.53. The number of benzene rings is 1. The summed E-state index contributed by atoms with van der Waals surface area (Å²) in [6.07, 6.45) is 2.59. The summed E-state index contributed by atoms with van der Waals surface area (Å²) < 4.78 is 0. The first-order valence-electron chi connectivity index (χ1n) is 4.90. The van der Waals surface area contributed by atoms with Crippen molar-refractivity contribution in [1.82, 2.24) is 0 Å². The molecule has 0 saturated heterocycles. The first-order chi connectivity index (χ1) is 6.65. The van der Waals surface area contributed by atoms with Crippen LogP contribution in [0.15, 0.2) is 18.2 Å². The van der Waals surface area contributed by atoms with Crippen LogP contribution < -0.4 is 5.73 Å². The fourth-order valence-electron chi connectivity index (χ4n) is 2.13. The zero-order valence-corrected chi connectivity index (χ0v) is 8.03. The Kier molecular flexibility index (Phi) is 2.21. The van der Waals surface area contributed by atoms with Crippen LogP contribution in [-0.4, -0.2) is 16.8 Å². The number of aryl methyl sites for hydroxylation is 1. The van der Waals surface area contributed by atoms with Crippen LogP contribution in [0.2, 0.25) is 0 Å². The van der Waals surface area contributed by atoms with Gasteiger partial charge in [0.15, 0.2) is 0 Å². The van der Waals surface area contributed by atoms with E-state index in [0.717, 1.165) is 24.0 Å². The average molecular weight is 193 g/mol. The lowest BCUT2D eigenvalue weighted by molar-refractivity contribution is 0.0277. The molecule has 0 saturated carbocycles. The van der Waals surface area contributed by atoms with Crippen LogP contribution in [0.25, 0.3) is 0 Å². The van der Waals surface area contributed by atoms with Crippen molar-refractivity contribution in [3.05, 3.63) is 29.3 Å². The Bertz CT molecular complexity index is 351.